The van der Waals surface area contributed by atoms with Crippen molar-refractivity contribution in [2.75, 3.05) is 13.2 Å². The normalized spacial score (nSPS) is 20.2. The van der Waals surface area contributed by atoms with Crippen LogP contribution in [0.25, 0.3) is 0 Å². The fraction of sp³-hybridized carbons (Fsp3) is 0.647. The van der Waals surface area contributed by atoms with Gasteiger partial charge in [0.05, 0.1) is 6.10 Å². The van der Waals surface area contributed by atoms with Gasteiger partial charge in [-0.05, 0) is 57.2 Å². The summed E-state index contributed by atoms with van der Waals surface area (Å²) in [6, 6.07) is 7.04. The zero-order valence-electron chi connectivity index (χ0n) is 12.6. The third kappa shape index (κ3) is 4.57. The van der Waals surface area contributed by atoms with E-state index < -0.39 is 0 Å². The molecular formula is C17H26BrNO. The van der Waals surface area contributed by atoms with Crippen LogP contribution >= 0.6 is 15.9 Å². The van der Waals surface area contributed by atoms with Gasteiger partial charge in [0, 0.05) is 17.1 Å². The summed E-state index contributed by atoms with van der Waals surface area (Å²) >= 11 is 3.71. The van der Waals surface area contributed by atoms with Gasteiger partial charge in [0.15, 0.2) is 0 Å². The Labute approximate surface area is 131 Å². The van der Waals surface area contributed by atoms with Crippen molar-refractivity contribution in [3.8, 4) is 0 Å². The second-order valence-corrected chi connectivity index (χ2v) is 6.60. The Hall–Kier alpha value is -0.380. The highest BCUT2D eigenvalue weighted by molar-refractivity contribution is 9.10. The van der Waals surface area contributed by atoms with Crippen LogP contribution in [0.4, 0.5) is 0 Å². The van der Waals surface area contributed by atoms with Crippen LogP contribution in [0.15, 0.2) is 22.7 Å². The molecule has 0 saturated carbocycles. The minimum absolute atomic E-state index is 0.424. The second kappa shape index (κ2) is 8.16. The first-order valence-electron chi connectivity index (χ1n) is 7.81. The Kier molecular flexibility index (Phi) is 6.53. The Morgan fingerprint density at radius 3 is 3.00 bits per heavy atom. The average Bonchev–Trinajstić information content (AvgIpc) is 2.95. The number of halogens is 1. The van der Waals surface area contributed by atoms with Crippen LogP contribution in [0.2, 0.25) is 0 Å². The van der Waals surface area contributed by atoms with Crippen molar-refractivity contribution in [1.82, 2.24) is 5.32 Å². The summed E-state index contributed by atoms with van der Waals surface area (Å²) in [6.45, 7) is 6.39. The molecule has 0 aliphatic carbocycles. The van der Waals surface area contributed by atoms with Crippen LogP contribution in [0, 0.1) is 6.92 Å². The zero-order valence-corrected chi connectivity index (χ0v) is 14.2. The lowest BCUT2D eigenvalue weighted by Gasteiger charge is -2.22. The van der Waals surface area contributed by atoms with Crippen LogP contribution < -0.4 is 5.32 Å². The van der Waals surface area contributed by atoms with Crippen molar-refractivity contribution in [2.45, 2.75) is 58.1 Å². The molecular weight excluding hydrogens is 314 g/mol. The first kappa shape index (κ1) is 16.0. The number of hydrogen-bond donors (Lipinski definition) is 1. The van der Waals surface area contributed by atoms with Crippen LogP contribution in [-0.2, 0) is 4.74 Å². The molecule has 1 aliphatic heterocycles. The predicted molar refractivity (Wildman–Crippen MR) is 88.1 cm³/mol. The van der Waals surface area contributed by atoms with E-state index in [2.05, 4.69) is 53.3 Å². The lowest BCUT2D eigenvalue weighted by Crippen LogP contribution is -2.24. The average molecular weight is 340 g/mol. The minimum Gasteiger partial charge on any atom is -0.378 e. The number of rotatable bonds is 7. The highest BCUT2D eigenvalue weighted by Gasteiger charge is 2.20. The van der Waals surface area contributed by atoms with Gasteiger partial charge in [0.1, 0.15) is 0 Å². The van der Waals surface area contributed by atoms with Gasteiger partial charge in [-0.1, -0.05) is 40.5 Å². The summed E-state index contributed by atoms with van der Waals surface area (Å²) in [5.41, 5.74) is 2.71. The summed E-state index contributed by atoms with van der Waals surface area (Å²) in [6.07, 6.45) is 6.40. The van der Waals surface area contributed by atoms with E-state index in [1.54, 1.807) is 0 Å². The van der Waals surface area contributed by atoms with Crippen molar-refractivity contribution in [3.05, 3.63) is 33.8 Å². The van der Waals surface area contributed by atoms with E-state index in [-0.39, 0.29) is 0 Å². The number of hydrogen-bond acceptors (Lipinski definition) is 2. The molecule has 2 rings (SSSR count). The number of aryl methyl sites for hydroxylation is 1. The molecule has 2 atom stereocenters. The van der Waals surface area contributed by atoms with Crippen molar-refractivity contribution in [2.24, 2.45) is 0 Å². The fourth-order valence-electron chi connectivity index (χ4n) is 2.84. The van der Waals surface area contributed by atoms with E-state index in [1.165, 1.54) is 34.9 Å². The van der Waals surface area contributed by atoms with E-state index in [0.717, 1.165) is 26.0 Å². The summed E-state index contributed by atoms with van der Waals surface area (Å²) in [5, 5.41) is 3.69. The van der Waals surface area contributed by atoms with Gasteiger partial charge in [0.2, 0.25) is 0 Å². The van der Waals surface area contributed by atoms with Crippen LogP contribution in [0.1, 0.15) is 56.2 Å². The van der Waals surface area contributed by atoms with E-state index in [0.29, 0.717) is 12.1 Å². The van der Waals surface area contributed by atoms with Gasteiger partial charge in [-0.2, -0.15) is 0 Å². The third-order valence-corrected chi connectivity index (χ3v) is 4.69. The Bertz CT molecular complexity index is 415. The van der Waals surface area contributed by atoms with Crippen LogP contribution in [0.5, 0.6) is 0 Å². The molecule has 112 valence electrons. The summed E-state index contributed by atoms with van der Waals surface area (Å²) in [5.74, 6) is 0. The smallest absolute Gasteiger partial charge is 0.0576 e. The molecule has 3 heteroatoms. The van der Waals surface area contributed by atoms with Gasteiger partial charge >= 0.3 is 0 Å². The molecule has 1 fully saturated rings. The molecule has 1 aromatic rings. The molecule has 1 heterocycles. The lowest BCUT2D eigenvalue weighted by molar-refractivity contribution is 0.0995. The molecule has 0 bridgehead atoms. The predicted octanol–water partition coefficient (Wildman–Crippen LogP) is 4.76. The second-order valence-electron chi connectivity index (χ2n) is 5.74. The first-order chi connectivity index (χ1) is 9.70. The van der Waals surface area contributed by atoms with Crippen LogP contribution in [-0.4, -0.2) is 19.3 Å². The van der Waals surface area contributed by atoms with Crippen molar-refractivity contribution in [3.63, 3.8) is 0 Å². The molecule has 0 radical (unpaired) electrons. The molecule has 1 saturated heterocycles. The lowest BCUT2D eigenvalue weighted by atomic mass is 9.97. The summed E-state index contributed by atoms with van der Waals surface area (Å²) in [4.78, 5) is 0. The standard InChI is InChI=1S/C17H26BrNO/c1-3-10-19-17(9-7-14-5-4-11-20-14)15-12-13(2)6-8-16(15)18/h6,8,12,14,17,19H,3-5,7,9-11H2,1-2H3. The van der Waals surface area contributed by atoms with Gasteiger partial charge in [-0.15, -0.1) is 0 Å². The van der Waals surface area contributed by atoms with Crippen molar-refractivity contribution >= 4 is 15.9 Å². The van der Waals surface area contributed by atoms with Gasteiger partial charge in [0.25, 0.3) is 0 Å². The Morgan fingerprint density at radius 2 is 2.30 bits per heavy atom. The zero-order chi connectivity index (χ0) is 14.4. The molecule has 0 aromatic heterocycles. The number of nitrogens with one attached hydrogen (secondary N) is 1. The summed E-state index contributed by atoms with van der Waals surface area (Å²) in [7, 11) is 0. The molecule has 1 aromatic carbocycles. The highest BCUT2D eigenvalue weighted by Crippen LogP contribution is 2.29. The summed E-state index contributed by atoms with van der Waals surface area (Å²) < 4.78 is 6.97. The molecule has 2 unspecified atom stereocenters. The van der Waals surface area contributed by atoms with E-state index >= 15 is 0 Å². The minimum atomic E-state index is 0.424. The molecule has 20 heavy (non-hydrogen) atoms. The maximum absolute atomic E-state index is 5.76. The first-order valence-corrected chi connectivity index (χ1v) is 8.61. The quantitative estimate of drug-likeness (QED) is 0.773. The third-order valence-electron chi connectivity index (χ3n) is 3.97. The van der Waals surface area contributed by atoms with Gasteiger partial charge in [-0.25, -0.2) is 0 Å². The molecule has 0 amide bonds. The Balaban J connectivity index is 2.02. The highest BCUT2D eigenvalue weighted by atomic mass is 79.9. The molecule has 2 nitrogen and oxygen atoms in total. The number of benzene rings is 1. The van der Waals surface area contributed by atoms with E-state index in [9.17, 15) is 0 Å². The maximum atomic E-state index is 5.76. The molecule has 1 aliphatic rings. The fourth-order valence-corrected chi connectivity index (χ4v) is 3.36. The monoisotopic (exact) mass is 339 g/mol. The largest absolute Gasteiger partial charge is 0.378 e. The maximum Gasteiger partial charge on any atom is 0.0576 e. The topological polar surface area (TPSA) is 21.3 Å². The van der Waals surface area contributed by atoms with E-state index in [1.807, 2.05) is 0 Å². The van der Waals surface area contributed by atoms with Crippen molar-refractivity contribution in [1.29, 1.82) is 0 Å². The van der Waals surface area contributed by atoms with Gasteiger partial charge in [-0.3, -0.25) is 0 Å². The van der Waals surface area contributed by atoms with Crippen molar-refractivity contribution < 1.29 is 4.74 Å². The molecule has 0 spiro atoms. The molecule has 1 N–H and O–H groups in total. The number of ether oxygens (including phenoxy) is 1. The van der Waals surface area contributed by atoms with E-state index in [4.69, 9.17) is 4.74 Å². The SMILES string of the molecule is CCCNC(CCC1CCCO1)c1cc(C)ccc1Br. The van der Waals surface area contributed by atoms with Crippen LogP contribution in [0.3, 0.4) is 0 Å². The van der Waals surface area contributed by atoms with Gasteiger partial charge < -0.3 is 10.1 Å². The Morgan fingerprint density at radius 1 is 1.45 bits per heavy atom.